The number of hydrogen-bond acceptors (Lipinski definition) is 4. The molecule has 0 fully saturated rings. The van der Waals surface area contributed by atoms with Gasteiger partial charge in [-0.25, -0.2) is 0 Å². The molecule has 0 unspecified atom stereocenters. The van der Waals surface area contributed by atoms with Gasteiger partial charge in [0.1, 0.15) is 5.75 Å². The first-order valence-electron chi connectivity index (χ1n) is 6.93. The quantitative estimate of drug-likeness (QED) is 0.882. The Hall–Kier alpha value is -3.15. The highest BCUT2D eigenvalue weighted by molar-refractivity contribution is 6.24. The van der Waals surface area contributed by atoms with Crippen LogP contribution < -0.4 is 10.1 Å². The summed E-state index contributed by atoms with van der Waals surface area (Å²) in [5, 5.41) is 2.69. The Kier molecular flexibility index (Phi) is 3.57. The predicted molar refractivity (Wildman–Crippen MR) is 83.8 cm³/mol. The monoisotopic (exact) mass is 310 g/mol. The number of benzene rings is 2. The molecule has 116 valence electrons. The first-order valence-corrected chi connectivity index (χ1v) is 6.93. The zero-order valence-electron chi connectivity index (χ0n) is 12.6. The fourth-order valence-corrected chi connectivity index (χ4v) is 2.46. The molecule has 1 heterocycles. The first kappa shape index (κ1) is 14.8. The SMILES string of the molecule is COc1cccc(C(=O)Nc2cccc3c2C(=O)N(C)C3=O)c1. The summed E-state index contributed by atoms with van der Waals surface area (Å²) in [5.74, 6) is -0.622. The highest BCUT2D eigenvalue weighted by atomic mass is 16.5. The van der Waals surface area contributed by atoms with E-state index in [1.807, 2.05) is 0 Å². The fourth-order valence-electron chi connectivity index (χ4n) is 2.46. The van der Waals surface area contributed by atoms with Gasteiger partial charge in [0.2, 0.25) is 0 Å². The van der Waals surface area contributed by atoms with Crippen LogP contribution >= 0.6 is 0 Å². The summed E-state index contributed by atoms with van der Waals surface area (Å²) in [6.07, 6.45) is 0. The van der Waals surface area contributed by atoms with Crippen molar-refractivity contribution in [2.24, 2.45) is 0 Å². The Labute approximate surface area is 132 Å². The second kappa shape index (κ2) is 5.57. The average Bonchev–Trinajstić information content (AvgIpc) is 2.80. The summed E-state index contributed by atoms with van der Waals surface area (Å²) in [6, 6.07) is 11.5. The Morgan fingerprint density at radius 3 is 2.57 bits per heavy atom. The van der Waals surface area contributed by atoms with E-state index in [9.17, 15) is 14.4 Å². The Balaban J connectivity index is 1.94. The van der Waals surface area contributed by atoms with Gasteiger partial charge in [0, 0.05) is 12.6 Å². The molecule has 0 aromatic heterocycles. The van der Waals surface area contributed by atoms with Crippen LogP contribution in [0, 0.1) is 0 Å². The summed E-state index contributed by atoms with van der Waals surface area (Å²) in [6.45, 7) is 0. The third-order valence-electron chi connectivity index (χ3n) is 3.70. The van der Waals surface area contributed by atoms with Crippen LogP contribution in [0.3, 0.4) is 0 Å². The van der Waals surface area contributed by atoms with Crippen LogP contribution in [0.15, 0.2) is 42.5 Å². The van der Waals surface area contributed by atoms with Crippen molar-refractivity contribution in [2.45, 2.75) is 0 Å². The summed E-state index contributed by atoms with van der Waals surface area (Å²) >= 11 is 0. The van der Waals surface area contributed by atoms with Crippen molar-refractivity contribution in [3.8, 4) is 5.75 Å². The maximum atomic E-state index is 12.4. The van der Waals surface area contributed by atoms with Crippen LogP contribution in [-0.4, -0.2) is 36.8 Å². The molecule has 1 aliphatic rings. The largest absolute Gasteiger partial charge is 0.497 e. The number of nitrogens with zero attached hydrogens (tertiary/aromatic N) is 1. The van der Waals surface area contributed by atoms with E-state index < -0.39 is 5.91 Å². The second-order valence-electron chi connectivity index (χ2n) is 5.08. The number of nitrogens with one attached hydrogen (secondary N) is 1. The van der Waals surface area contributed by atoms with Gasteiger partial charge in [-0.1, -0.05) is 12.1 Å². The van der Waals surface area contributed by atoms with Crippen molar-refractivity contribution in [3.05, 3.63) is 59.2 Å². The van der Waals surface area contributed by atoms with Crippen molar-refractivity contribution < 1.29 is 19.1 Å². The average molecular weight is 310 g/mol. The molecule has 6 nitrogen and oxygen atoms in total. The van der Waals surface area contributed by atoms with Gasteiger partial charge in [-0.3, -0.25) is 19.3 Å². The number of carbonyl (C=O) groups excluding carboxylic acids is 3. The van der Waals surface area contributed by atoms with Crippen LogP contribution in [-0.2, 0) is 0 Å². The standard InChI is InChI=1S/C17H14N2O4/c1-19-16(21)12-7-4-8-13(14(12)17(19)22)18-15(20)10-5-3-6-11(9-10)23-2/h3-9H,1-2H3,(H,18,20). The smallest absolute Gasteiger partial charge is 0.263 e. The molecule has 0 aliphatic carbocycles. The third-order valence-corrected chi connectivity index (χ3v) is 3.70. The highest BCUT2D eigenvalue weighted by Crippen LogP contribution is 2.28. The van der Waals surface area contributed by atoms with Gasteiger partial charge in [-0.05, 0) is 30.3 Å². The summed E-state index contributed by atoms with van der Waals surface area (Å²) in [7, 11) is 2.93. The summed E-state index contributed by atoms with van der Waals surface area (Å²) in [4.78, 5) is 37.6. The van der Waals surface area contributed by atoms with Crippen molar-refractivity contribution in [3.63, 3.8) is 0 Å². The number of ether oxygens (including phenoxy) is 1. The zero-order chi connectivity index (χ0) is 16.6. The molecule has 1 N–H and O–H groups in total. The molecule has 0 saturated heterocycles. The maximum absolute atomic E-state index is 12.4. The Morgan fingerprint density at radius 2 is 1.83 bits per heavy atom. The maximum Gasteiger partial charge on any atom is 0.263 e. The van der Waals surface area contributed by atoms with E-state index in [4.69, 9.17) is 4.74 Å². The van der Waals surface area contributed by atoms with Gasteiger partial charge in [0.05, 0.1) is 23.9 Å². The van der Waals surface area contributed by atoms with Crippen LogP contribution in [0.1, 0.15) is 31.1 Å². The van der Waals surface area contributed by atoms with Gasteiger partial charge >= 0.3 is 0 Å². The van der Waals surface area contributed by atoms with Gasteiger partial charge < -0.3 is 10.1 Å². The summed E-state index contributed by atoms with van der Waals surface area (Å²) < 4.78 is 5.09. The molecule has 0 radical (unpaired) electrons. The van der Waals surface area contributed by atoms with E-state index in [1.54, 1.807) is 42.5 Å². The number of imide groups is 1. The molecule has 2 aromatic rings. The van der Waals surface area contributed by atoms with Crippen molar-refractivity contribution in [1.29, 1.82) is 0 Å². The lowest BCUT2D eigenvalue weighted by Gasteiger charge is -2.09. The zero-order valence-corrected chi connectivity index (χ0v) is 12.6. The van der Waals surface area contributed by atoms with Crippen LogP contribution in [0.4, 0.5) is 5.69 Å². The van der Waals surface area contributed by atoms with Crippen LogP contribution in [0.25, 0.3) is 0 Å². The topological polar surface area (TPSA) is 75.7 Å². The van der Waals surface area contributed by atoms with Gasteiger partial charge in [0.25, 0.3) is 17.7 Å². The molecular weight excluding hydrogens is 296 g/mol. The molecule has 0 atom stereocenters. The lowest BCUT2D eigenvalue weighted by molar-refractivity contribution is 0.0693. The first-order chi connectivity index (χ1) is 11.0. The van der Waals surface area contributed by atoms with Gasteiger partial charge in [-0.2, -0.15) is 0 Å². The van der Waals surface area contributed by atoms with E-state index in [0.29, 0.717) is 22.6 Å². The minimum absolute atomic E-state index is 0.219. The summed E-state index contributed by atoms with van der Waals surface area (Å²) in [5.41, 5.74) is 1.22. The Bertz CT molecular complexity index is 829. The molecule has 0 bridgehead atoms. The molecule has 0 spiro atoms. The van der Waals surface area contributed by atoms with Crippen LogP contribution in [0.2, 0.25) is 0 Å². The molecule has 1 aliphatic heterocycles. The number of carbonyl (C=O) groups is 3. The molecular formula is C17H14N2O4. The predicted octanol–water partition coefficient (Wildman–Crippen LogP) is 2.17. The second-order valence-corrected chi connectivity index (χ2v) is 5.08. The molecule has 23 heavy (non-hydrogen) atoms. The molecule has 3 amide bonds. The number of methoxy groups -OCH3 is 1. The van der Waals surface area contributed by atoms with E-state index >= 15 is 0 Å². The fraction of sp³-hybridized carbons (Fsp3) is 0.118. The van der Waals surface area contributed by atoms with E-state index in [0.717, 1.165) is 4.90 Å². The lowest BCUT2D eigenvalue weighted by atomic mass is 10.1. The minimum atomic E-state index is -0.424. The Morgan fingerprint density at radius 1 is 1.09 bits per heavy atom. The number of anilines is 1. The minimum Gasteiger partial charge on any atom is -0.497 e. The highest BCUT2D eigenvalue weighted by Gasteiger charge is 2.35. The van der Waals surface area contributed by atoms with Gasteiger partial charge in [0.15, 0.2) is 0 Å². The third kappa shape index (κ3) is 2.44. The molecule has 3 rings (SSSR count). The molecule has 2 aromatic carbocycles. The number of hydrogen-bond donors (Lipinski definition) is 1. The van der Waals surface area contributed by atoms with E-state index in [2.05, 4.69) is 5.32 Å². The van der Waals surface area contributed by atoms with Crippen molar-refractivity contribution >= 4 is 23.4 Å². The normalized spacial score (nSPS) is 13.0. The van der Waals surface area contributed by atoms with Crippen LogP contribution in [0.5, 0.6) is 5.75 Å². The molecule has 6 heteroatoms. The van der Waals surface area contributed by atoms with E-state index in [-0.39, 0.29) is 17.4 Å². The molecule has 0 saturated carbocycles. The number of rotatable bonds is 3. The number of fused-ring (bicyclic) bond motifs is 1. The van der Waals surface area contributed by atoms with Crippen molar-refractivity contribution in [1.82, 2.24) is 4.90 Å². The number of amides is 3. The van der Waals surface area contributed by atoms with Gasteiger partial charge in [-0.15, -0.1) is 0 Å². The van der Waals surface area contributed by atoms with Crippen molar-refractivity contribution in [2.75, 3.05) is 19.5 Å². The van der Waals surface area contributed by atoms with E-state index in [1.165, 1.54) is 14.2 Å². The lowest BCUT2D eigenvalue weighted by Crippen LogP contribution is -2.24.